The van der Waals surface area contributed by atoms with Gasteiger partial charge in [0, 0.05) is 18.0 Å². The second-order valence-corrected chi connectivity index (χ2v) is 5.76. The van der Waals surface area contributed by atoms with Gasteiger partial charge < -0.3 is 9.84 Å². The molecule has 2 N–H and O–H groups in total. The third kappa shape index (κ3) is 3.96. The van der Waals surface area contributed by atoms with Gasteiger partial charge in [-0.1, -0.05) is 18.2 Å². The van der Waals surface area contributed by atoms with Crippen LogP contribution in [0.2, 0.25) is 0 Å². The highest BCUT2D eigenvalue weighted by atomic mass is 16.5. The molecule has 2 atom stereocenters. The summed E-state index contributed by atoms with van der Waals surface area (Å²) in [7, 11) is 0. The predicted octanol–water partition coefficient (Wildman–Crippen LogP) is 2.37. The molecule has 108 valence electrons. The van der Waals surface area contributed by atoms with Crippen LogP contribution in [0.25, 0.3) is 0 Å². The first-order chi connectivity index (χ1) is 9.56. The molecule has 1 saturated carbocycles. The van der Waals surface area contributed by atoms with Crippen LogP contribution in [0.4, 0.5) is 0 Å². The van der Waals surface area contributed by atoms with E-state index in [0.717, 1.165) is 18.4 Å². The number of nitriles is 1. The van der Waals surface area contributed by atoms with Crippen LogP contribution in [0.1, 0.15) is 38.7 Å². The monoisotopic (exact) mass is 274 g/mol. The summed E-state index contributed by atoms with van der Waals surface area (Å²) < 4.78 is 5.88. The maximum atomic E-state index is 9.37. The van der Waals surface area contributed by atoms with Gasteiger partial charge in [-0.3, -0.25) is 5.32 Å². The van der Waals surface area contributed by atoms with Crippen molar-refractivity contribution in [3.05, 3.63) is 29.8 Å². The highest BCUT2D eigenvalue weighted by Crippen LogP contribution is 2.26. The van der Waals surface area contributed by atoms with Gasteiger partial charge in [-0.25, -0.2) is 0 Å². The molecule has 0 aliphatic heterocycles. The normalized spacial score (nSPS) is 18.9. The number of para-hydroxylation sites is 1. The van der Waals surface area contributed by atoms with Crippen molar-refractivity contribution in [2.24, 2.45) is 0 Å². The number of hydrogen-bond acceptors (Lipinski definition) is 4. The Hall–Kier alpha value is -1.57. The quantitative estimate of drug-likeness (QED) is 0.801. The van der Waals surface area contributed by atoms with Crippen LogP contribution in [0.5, 0.6) is 5.75 Å². The average Bonchev–Trinajstić information content (AvgIpc) is 3.22. The Morgan fingerprint density at radius 3 is 2.80 bits per heavy atom. The second kappa shape index (κ2) is 6.25. The lowest BCUT2D eigenvalue weighted by atomic mass is 9.96. The molecule has 1 aromatic carbocycles. The van der Waals surface area contributed by atoms with Crippen LogP contribution >= 0.6 is 0 Å². The molecule has 0 radical (unpaired) electrons. The largest absolute Gasteiger partial charge is 0.490 e. The van der Waals surface area contributed by atoms with Crippen molar-refractivity contribution in [1.29, 1.82) is 5.26 Å². The molecule has 0 amide bonds. The van der Waals surface area contributed by atoms with Crippen LogP contribution in [0.15, 0.2) is 24.3 Å². The van der Waals surface area contributed by atoms with E-state index in [4.69, 9.17) is 4.74 Å². The lowest BCUT2D eigenvalue weighted by molar-refractivity contribution is 0.173. The maximum Gasteiger partial charge on any atom is 0.125 e. The molecular weight excluding hydrogens is 252 g/mol. The molecule has 20 heavy (non-hydrogen) atoms. The minimum atomic E-state index is -0.561. The summed E-state index contributed by atoms with van der Waals surface area (Å²) in [6, 6.07) is 10.3. The van der Waals surface area contributed by atoms with Crippen LogP contribution in [0.3, 0.4) is 0 Å². The van der Waals surface area contributed by atoms with E-state index in [-0.39, 0.29) is 12.7 Å². The smallest absolute Gasteiger partial charge is 0.125 e. The minimum Gasteiger partial charge on any atom is -0.490 e. The molecule has 1 aromatic rings. The van der Waals surface area contributed by atoms with Gasteiger partial charge in [-0.15, -0.1) is 0 Å². The van der Waals surface area contributed by atoms with Crippen molar-refractivity contribution in [2.45, 2.75) is 57.4 Å². The summed E-state index contributed by atoms with van der Waals surface area (Å²) in [6.07, 6.45) is 2.82. The molecule has 2 unspecified atom stereocenters. The van der Waals surface area contributed by atoms with Gasteiger partial charge in [0.15, 0.2) is 0 Å². The zero-order valence-electron chi connectivity index (χ0n) is 12.1. The van der Waals surface area contributed by atoms with E-state index in [1.165, 1.54) is 0 Å². The molecule has 0 bridgehead atoms. The molecule has 1 fully saturated rings. The van der Waals surface area contributed by atoms with Crippen molar-refractivity contribution in [3.8, 4) is 11.8 Å². The predicted molar refractivity (Wildman–Crippen MR) is 77.2 cm³/mol. The van der Waals surface area contributed by atoms with E-state index in [0.29, 0.717) is 18.2 Å². The topological polar surface area (TPSA) is 65.3 Å². The van der Waals surface area contributed by atoms with Crippen LogP contribution in [-0.2, 0) is 6.61 Å². The van der Waals surface area contributed by atoms with Gasteiger partial charge in [0.25, 0.3) is 0 Å². The highest BCUT2D eigenvalue weighted by Gasteiger charge is 2.34. The van der Waals surface area contributed by atoms with E-state index in [9.17, 15) is 10.4 Å². The highest BCUT2D eigenvalue weighted by molar-refractivity contribution is 5.32. The lowest BCUT2D eigenvalue weighted by Crippen LogP contribution is -2.45. The average molecular weight is 274 g/mol. The zero-order valence-corrected chi connectivity index (χ0v) is 12.1. The van der Waals surface area contributed by atoms with Crippen LogP contribution in [-0.4, -0.2) is 22.8 Å². The Morgan fingerprint density at radius 2 is 2.20 bits per heavy atom. The molecular formula is C16H22N2O2. The summed E-state index contributed by atoms with van der Waals surface area (Å²) in [6.45, 7) is 3.83. The SMILES string of the molecule is CC(CC(C)(C#N)NC1CC1)Oc1ccccc1CO. The van der Waals surface area contributed by atoms with Gasteiger partial charge >= 0.3 is 0 Å². The summed E-state index contributed by atoms with van der Waals surface area (Å²) >= 11 is 0. The standard InChI is InChI=1S/C16H22N2O2/c1-12(9-16(2,11-17)18-14-7-8-14)20-15-6-4-3-5-13(15)10-19/h3-6,12,14,18-19H,7-10H2,1-2H3. The number of benzene rings is 1. The lowest BCUT2D eigenvalue weighted by Gasteiger charge is -2.27. The number of nitrogens with zero attached hydrogens (tertiary/aromatic N) is 1. The summed E-state index contributed by atoms with van der Waals surface area (Å²) in [5.41, 5.74) is 0.211. The fraction of sp³-hybridized carbons (Fsp3) is 0.562. The summed E-state index contributed by atoms with van der Waals surface area (Å²) in [5.74, 6) is 0.689. The molecule has 1 aliphatic carbocycles. The van der Waals surface area contributed by atoms with Crippen LogP contribution in [0, 0.1) is 11.3 Å². The van der Waals surface area contributed by atoms with Crippen molar-refractivity contribution in [3.63, 3.8) is 0 Å². The Balaban J connectivity index is 1.97. The maximum absolute atomic E-state index is 9.37. The van der Waals surface area contributed by atoms with Crippen molar-refractivity contribution in [2.75, 3.05) is 0 Å². The molecule has 4 nitrogen and oxygen atoms in total. The third-order valence-corrected chi connectivity index (χ3v) is 3.51. The van der Waals surface area contributed by atoms with Gasteiger partial charge in [0.05, 0.1) is 18.8 Å². The summed E-state index contributed by atoms with van der Waals surface area (Å²) in [5, 5.41) is 22.0. The molecule has 0 aromatic heterocycles. The second-order valence-electron chi connectivity index (χ2n) is 5.76. The third-order valence-electron chi connectivity index (χ3n) is 3.51. The van der Waals surface area contributed by atoms with Crippen LogP contribution < -0.4 is 10.1 Å². The Morgan fingerprint density at radius 1 is 1.50 bits per heavy atom. The Bertz CT molecular complexity index is 493. The zero-order chi connectivity index (χ0) is 14.6. The number of rotatable bonds is 7. The van der Waals surface area contributed by atoms with E-state index >= 15 is 0 Å². The van der Waals surface area contributed by atoms with Crippen molar-refractivity contribution >= 4 is 0 Å². The first-order valence-corrected chi connectivity index (χ1v) is 7.10. The number of nitrogens with one attached hydrogen (secondary N) is 1. The molecule has 0 heterocycles. The van der Waals surface area contributed by atoms with Crippen molar-refractivity contribution in [1.82, 2.24) is 5.32 Å². The van der Waals surface area contributed by atoms with Crippen molar-refractivity contribution < 1.29 is 9.84 Å². The van der Waals surface area contributed by atoms with Gasteiger partial charge in [-0.05, 0) is 32.8 Å². The fourth-order valence-corrected chi connectivity index (χ4v) is 2.40. The summed E-state index contributed by atoms with van der Waals surface area (Å²) in [4.78, 5) is 0. The van der Waals surface area contributed by atoms with Gasteiger partial charge in [0.2, 0.25) is 0 Å². The molecule has 2 rings (SSSR count). The first kappa shape index (κ1) is 14.8. The number of hydrogen-bond donors (Lipinski definition) is 2. The fourth-order valence-electron chi connectivity index (χ4n) is 2.40. The Kier molecular flexibility index (Phi) is 4.64. The molecule has 0 spiro atoms. The van der Waals surface area contributed by atoms with Gasteiger partial charge in [0.1, 0.15) is 11.3 Å². The number of ether oxygens (including phenoxy) is 1. The van der Waals surface area contributed by atoms with E-state index in [1.807, 2.05) is 38.1 Å². The Labute approximate surface area is 120 Å². The van der Waals surface area contributed by atoms with E-state index in [2.05, 4.69) is 11.4 Å². The van der Waals surface area contributed by atoms with Gasteiger partial charge in [-0.2, -0.15) is 5.26 Å². The minimum absolute atomic E-state index is 0.0429. The molecule has 0 saturated heterocycles. The molecule has 4 heteroatoms. The number of aliphatic hydroxyl groups is 1. The van der Waals surface area contributed by atoms with E-state index in [1.54, 1.807) is 0 Å². The molecule has 1 aliphatic rings. The van der Waals surface area contributed by atoms with E-state index < -0.39 is 5.54 Å². The first-order valence-electron chi connectivity index (χ1n) is 7.10. The number of aliphatic hydroxyl groups excluding tert-OH is 1.